The van der Waals surface area contributed by atoms with Gasteiger partial charge in [-0.2, -0.15) is 12.8 Å². The van der Waals surface area contributed by atoms with E-state index in [2.05, 4.69) is 11.7 Å². The van der Waals surface area contributed by atoms with Crippen LogP contribution in [0.4, 0.5) is 0 Å². The van der Waals surface area contributed by atoms with Crippen LogP contribution in [0.1, 0.15) is 26.7 Å². The Kier molecular flexibility index (Phi) is 29.1. The predicted molar refractivity (Wildman–Crippen MR) is 37.8 cm³/mol. The minimum atomic E-state index is 0. The summed E-state index contributed by atoms with van der Waals surface area (Å²) in [6.45, 7) is 6.39. The van der Waals surface area contributed by atoms with Gasteiger partial charge in [-0.1, -0.05) is 13.8 Å². The Morgan fingerprint density at radius 2 is 1.40 bits per heavy atom. The Bertz CT molecular complexity index is 27.1. The molecule has 64 valence electrons. The predicted octanol–water partition coefficient (Wildman–Crippen LogP) is 1.60. The molecule has 1 heterocycles. The second-order valence-corrected chi connectivity index (χ2v) is 1.62. The number of hydrogen-bond acceptors (Lipinski definition) is 1. The Labute approximate surface area is 92.0 Å². The molecule has 0 aliphatic carbocycles. The van der Waals surface area contributed by atoms with Gasteiger partial charge in [0.25, 0.3) is 0 Å². The maximum absolute atomic E-state index is 3.25. The van der Waals surface area contributed by atoms with Crippen LogP contribution in [0.15, 0.2) is 0 Å². The summed E-state index contributed by atoms with van der Waals surface area (Å²) in [4.78, 5) is 0. The van der Waals surface area contributed by atoms with Crippen molar-refractivity contribution in [2.75, 3.05) is 13.1 Å². The standard InChI is InChI=1S/C5H10N.C2H6.2Re/c1-2-4-6-5-3-1;1-2;;/h1,6H,2-5H2;1-2H3;;/q-1;;;. The van der Waals surface area contributed by atoms with Gasteiger partial charge in [0.1, 0.15) is 0 Å². The molecule has 0 amide bonds. The van der Waals surface area contributed by atoms with Gasteiger partial charge in [0.15, 0.2) is 0 Å². The number of rotatable bonds is 0. The molecule has 0 bridgehead atoms. The summed E-state index contributed by atoms with van der Waals surface area (Å²) < 4.78 is 0. The van der Waals surface area contributed by atoms with E-state index in [9.17, 15) is 0 Å². The Morgan fingerprint density at radius 3 is 1.50 bits per heavy atom. The van der Waals surface area contributed by atoms with Gasteiger partial charge < -0.3 is 11.7 Å². The monoisotopic (exact) mass is 488 g/mol. The Balaban J connectivity index is -0.000000114. The minimum Gasteiger partial charge on any atom is -0.326 e. The second kappa shape index (κ2) is 16.7. The molecular formula is C7H16NRe2-. The van der Waals surface area contributed by atoms with E-state index >= 15 is 0 Å². The Morgan fingerprint density at radius 1 is 1.00 bits per heavy atom. The van der Waals surface area contributed by atoms with Gasteiger partial charge in [-0.05, 0) is 13.1 Å². The second-order valence-electron chi connectivity index (χ2n) is 1.62. The van der Waals surface area contributed by atoms with Crippen molar-refractivity contribution in [2.24, 2.45) is 0 Å². The van der Waals surface area contributed by atoms with Gasteiger partial charge in [-0.25, -0.2) is 0 Å². The SMILES string of the molecule is CC.[CH-]1CCNCC1.[Re].[Re]. The van der Waals surface area contributed by atoms with Crippen LogP contribution in [-0.2, 0) is 40.8 Å². The normalized spacial score (nSPS) is 15.0. The van der Waals surface area contributed by atoms with Crippen molar-refractivity contribution in [1.29, 1.82) is 0 Å². The molecule has 1 aliphatic heterocycles. The molecule has 1 fully saturated rings. The van der Waals surface area contributed by atoms with Crippen molar-refractivity contribution in [1.82, 2.24) is 5.32 Å². The van der Waals surface area contributed by atoms with E-state index < -0.39 is 0 Å². The fourth-order valence-electron chi connectivity index (χ4n) is 0.678. The molecule has 0 spiro atoms. The smallest absolute Gasteiger partial charge is 0 e. The average molecular weight is 487 g/mol. The number of nitrogens with one attached hydrogen (secondary N) is 1. The zero-order chi connectivity index (χ0) is 6.24. The van der Waals surface area contributed by atoms with Gasteiger partial charge in [0, 0.05) is 40.8 Å². The molecule has 0 atom stereocenters. The number of hydrogen-bond donors (Lipinski definition) is 1. The first kappa shape index (κ1) is 17.4. The summed E-state index contributed by atoms with van der Waals surface area (Å²) in [6.07, 6.45) is 4.86. The van der Waals surface area contributed by atoms with Crippen molar-refractivity contribution in [2.45, 2.75) is 26.7 Å². The van der Waals surface area contributed by atoms with E-state index in [1.54, 1.807) is 0 Å². The molecule has 3 heteroatoms. The van der Waals surface area contributed by atoms with Crippen LogP contribution in [0, 0.1) is 6.42 Å². The van der Waals surface area contributed by atoms with Crippen molar-refractivity contribution >= 4 is 0 Å². The first-order valence-corrected chi connectivity index (χ1v) is 3.52. The summed E-state index contributed by atoms with van der Waals surface area (Å²) in [6, 6.07) is 0. The summed E-state index contributed by atoms with van der Waals surface area (Å²) in [5.74, 6) is 0. The topological polar surface area (TPSA) is 12.0 Å². The van der Waals surface area contributed by atoms with Crippen LogP contribution in [0.2, 0.25) is 0 Å². The molecule has 0 unspecified atom stereocenters. The maximum atomic E-state index is 3.25. The van der Waals surface area contributed by atoms with Crippen molar-refractivity contribution < 1.29 is 40.8 Å². The van der Waals surface area contributed by atoms with Crippen molar-refractivity contribution in [3.8, 4) is 0 Å². The molecule has 2 radical (unpaired) electrons. The van der Waals surface area contributed by atoms with Crippen LogP contribution in [0.5, 0.6) is 0 Å². The quantitative estimate of drug-likeness (QED) is 0.513. The van der Waals surface area contributed by atoms with Crippen LogP contribution >= 0.6 is 0 Å². The average Bonchev–Trinajstić information content (AvgIpc) is 1.96. The Hall–Kier alpha value is 1.28. The first-order chi connectivity index (χ1) is 4.00. The molecular weight excluding hydrogens is 470 g/mol. The largest absolute Gasteiger partial charge is 0.326 e. The fraction of sp³-hybridized carbons (Fsp3) is 0.857. The summed E-state index contributed by atoms with van der Waals surface area (Å²) in [5, 5.41) is 3.25. The van der Waals surface area contributed by atoms with Crippen molar-refractivity contribution in [3.05, 3.63) is 6.42 Å². The van der Waals surface area contributed by atoms with E-state index in [-0.39, 0.29) is 40.8 Å². The third-order valence-corrected chi connectivity index (χ3v) is 1.05. The molecule has 10 heavy (non-hydrogen) atoms. The molecule has 1 N–H and O–H groups in total. The van der Waals surface area contributed by atoms with Gasteiger partial charge in [0.2, 0.25) is 0 Å². The molecule has 0 aromatic rings. The molecule has 1 aliphatic rings. The number of piperidine rings is 1. The fourth-order valence-corrected chi connectivity index (χ4v) is 0.678. The summed E-state index contributed by atoms with van der Waals surface area (Å²) in [5.41, 5.74) is 0. The first-order valence-electron chi connectivity index (χ1n) is 3.52. The molecule has 1 rings (SSSR count). The molecule has 0 aromatic heterocycles. The van der Waals surface area contributed by atoms with E-state index in [0.29, 0.717) is 0 Å². The zero-order valence-corrected chi connectivity index (χ0v) is 12.1. The van der Waals surface area contributed by atoms with E-state index in [0.717, 1.165) is 0 Å². The van der Waals surface area contributed by atoms with Crippen LogP contribution in [0.3, 0.4) is 0 Å². The third-order valence-electron chi connectivity index (χ3n) is 1.05. The molecule has 0 aromatic carbocycles. The molecule has 1 saturated heterocycles. The van der Waals surface area contributed by atoms with E-state index in [4.69, 9.17) is 0 Å². The van der Waals surface area contributed by atoms with Crippen LogP contribution < -0.4 is 5.32 Å². The van der Waals surface area contributed by atoms with E-state index in [1.807, 2.05) is 13.8 Å². The van der Waals surface area contributed by atoms with Gasteiger partial charge in [-0.15, -0.1) is 0 Å². The third kappa shape index (κ3) is 12.0. The van der Waals surface area contributed by atoms with Gasteiger partial charge in [0.05, 0.1) is 0 Å². The summed E-state index contributed by atoms with van der Waals surface area (Å²) in [7, 11) is 0. The minimum absolute atomic E-state index is 0. The van der Waals surface area contributed by atoms with Gasteiger partial charge >= 0.3 is 0 Å². The molecule has 1 nitrogen and oxygen atoms in total. The maximum Gasteiger partial charge on any atom is 0 e. The molecule has 0 saturated carbocycles. The van der Waals surface area contributed by atoms with Gasteiger partial charge in [-0.3, -0.25) is 0 Å². The van der Waals surface area contributed by atoms with E-state index in [1.165, 1.54) is 25.9 Å². The van der Waals surface area contributed by atoms with Crippen LogP contribution in [0.25, 0.3) is 0 Å². The summed E-state index contributed by atoms with van der Waals surface area (Å²) >= 11 is 0. The zero-order valence-electron chi connectivity index (χ0n) is 6.66. The van der Waals surface area contributed by atoms with Crippen LogP contribution in [-0.4, -0.2) is 13.1 Å². The van der Waals surface area contributed by atoms with Crippen molar-refractivity contribution in [3.63, 3.8) is 0 Å².